The molecule has 0 saturated heterocycles. The molecule has 5 heteroatoms. The zero-order valence-corrected chi connectivity index (χ0v) is 14.7. The number of aromatic amines is 1. The molecule has 0 amide bonds. The third-order valence-corrected chi connectivity index (χ3v) is 3.73. The van der Waals surface area contributed by atoms with E-state index in [4.69, 9.17) is 0 Å². The lowest BCUT2D eigenvalue weighted by Gasteiger charge is -2.11. The van der Waals surface area contributed by atoms with Gasteiger partial charge in [0.1, 0.15) is 11.9 Å². The van der Waals surface area contributed by atoms with Crippen LogP contribution < -0.4 is 4.90 Å². The van der Waals surface area contributed by atoms with Crippen molar-refractivity contribution in [1.29, 1.82) is 5.26 Å². The Morgan fingerprint density at radius 1 is 1.17 bits per heavy atom. The molecule has 1 aromatic heterocycles. The van der Waals surface area contributed by atoms with Crippen molar-refractivity contribution in [2.75, 3.05) is 19.0 Å². The van der Waals surface area contributed by atoms with Crippen LogP contribution in [0.25, 0.3) is 22.7 Å². The van der Waals surface area contributed by atoms with Gasteiger partial charge in [-0.2, -0.15) is 5.26 Å². The number of halogens is 1. The van der Waals surface area contributed by atoms with E-state index in [-0.39, 0.29) is 12.4 Å². The lowest BCUT2D eigenvalue weighted by molar-refractivity contribution is 1.13. The topological polar surface area (TPSA) is 55.7 Å². The first-order chi connectivity index (χ1) is 11.1. The second-order valence-corrected chi connectivity index (χ2v) is 5.76. The average Bonchev–Trinajstić information content (AvgIpc) is 2.95. The summed E-state index contributed by atoms with van der Waals surface area (Å²) in [6, 6.07) is 16.3. The molecule has 0 spiro atoms. The summed E-state index contributed by atoms with van der Waals surface area (Å²) in [5.74, 6) is 0.602. The Labute approximate surface area is 147 Å². The molecule has 0 radical (unpaired) electrons. The van der Waals surface area contributed by atoms with E-state index in [1.165, 1.54) is 0 Å². The van der Waals surface area contributed by atoms with Crippen LogP contribution in [-0.2, 0) is 0 Å². The molecule has 24 heavy (non-hydrogen) atoms. The van der Waals surface area contributed by atoms with Crippen molar-refractivity contribution in [3.05, 3.63) is 59.4 Å². The highest BCUT2D eigenvalue weighted by molar-refractivity contribution is 5.90. The summed E-state index contributed by atoms with van der Waals surface area (Å²) >= 11 is 0. The Bertz CT molecular complexity index is 915. The van der Waals surface area contributed by atoms with Gasteiger partial charge in [-0.3, -0.25) is 0 Å². The SMILES string of the molecule is Cc1ccc2nc(C(C#N)=Cc3ccc(N(C)C)cc3)[nH]c2c1.Cl. The third kappa shape index (κ3) is 3.58. The van der Waals surface area contributed by atoms with Crippen LogP contribution >= 0.6 is 12.4 Å². The first-order valence-electron chi connectivity index (χ1n) is 7.43. The maximum atomic E-state index is 9.48. The quantitative estimate of drug-likeness (QED) is 0.719. The number of nitriles is 1. The summed E-state index contributed by atoms with van der Waals surface area (Å²) in [6.45, 7) is 2.04. The number of fused-ring (bicyclic) bond motifs is 1. The Balaban J connectivity index is 0.00000208. The summed E-state index contributed by atoms with van der Waals surface area (Å²) in [4.78, 5) is 9.78. The van der Waals surface area contributed by atoms with Gasteiger partial charge in [0.25, 0.3) is 0 Å². The van der Waals surface area contributed by atoms with E-state index in [0.29, 0.717) is 11.4 Å². The number of allylic oxidation sites excluding steroid dienone is 1. The third-order valence-electron chi connectivity index (χ3n) is 3.73. The predicted molar refractivity (Wildman–Crippen MR) is 102 cm³/mol. The van der Waals surface area contributed by atoms with Crippen LogP contribution in [0.1, 0.15) is 17.0 Å². The lowest BCUT2D eigenvalue weighted by Crippen LogP contribution is -2.07. The highest BCUT2D eigenvalue weighted by atomic mass is 35.5. The number of hydrogen-bond donors (Lipinski definition) is 1. The van der Waals surface area contributed by atoms with E-state index in [9.17, 15) is 5.26 Å². The lowest BCUT2D eigenvalue weighted by atomic mass is 10.1. The van der Waals surface area contributed by atoms with Gasteiger partial charge in [0.15, 0.2) is 0 Å². The Hall–Kier alpha value is -2.77. The van der Waals surface area contributed by atoms with Gasteiger partial charge in [0, 0.05) is 19.8 Å². The standard InChI is InChI=1S/C19H18N4.ClH/c1-13-4-9-17-18(10-13)22-19(21-17)15(12-20)11-14-5-7-16(8-6-14)23(2)3;/h4-11H,1-3H3,(H,21,22);1H. The molecule has 0 saturated carbocycles. The van der Waals surface area contributed by atoms with E-state index in [1.54, 1.807) is 0 Å². The van der Waals surface area contributed by atoms with Crippen LogP contribution in [0.5, 0.6) is 0 Å². The van der Waals surface area contributed by atoms with Gasteiger partial charge >= 0.3 is 0 Å². The number of imidazole rings is 1. The van der Waals surface area contributed by atoms with E-state index >= 15 is 0 Å². The number of aromatic nitrogens is 2. The second kappa shape index (κ2) is 7.20. The second-order valence-electron chi connectivity index (χ2n) is 5.76. The summed E-state index contributed by atoms with van der Waals surface area (Å²) < 4.78 is 0. The first-order valence-corrected chi connectivity index (χ1v) is 7.43. The minimum absolute atomic E-state index is 0. The largest absolute Gasteiger partial charge is 0.378 e. The van der Waals surface area contributed by atoms with E-state index in [0.717, 1.165) is 27.8 Å². The fourth-order valence-corrected chi connectivity index (χ4v) is 2.44. The molecule has 0 bridgehead atoms. The number of nitrogens with zero attached hydrogens (tertiary/aromatic N) is 3. The molecule has 122 valence electrons. The van der Waals surface area contributed by atoms with Crippen molar-refractivity contribution < 1.29 is 0 Å². The van der Waals surface area contributed by atoms with Crippen LogP contribution in [0.3, 0.4) is 0 Å². The monoisotopic (exact) mass is 338 g/mol. The molecule has 2 aromatic carbocycles. The Kier molecular flexibility index (Phi) is 5.28. The van der Waals surface area contributed by atoms with Gasteiger partial charge in [-0.1, -0.05) is 18.2 Å². The molecule has 0 aliphatic heterocycles. The number of H-pyrrole nitrogens is 1. The number of nitrogens with one attached hydrogen (secondary N) is 1. The predicted octanol–water partition coefficient (Wildman–Crippen LogP) is 4.42. The Morgan fingerprint density at radius 3 is 2.50 bits per heavy atom. The van der Waals surface area contributed by atoms with Crippen molar-refractivity contribution in [1.82, 2.24) is 9.97 Å². The number of aryl methyl sites for hydroxylation is 1. The summed E-state index contributed by atoms with van der Waals surface area (Å²) in [5.41, 5.74) is 5.60. The number of anilines is 1. The van der Waals surface area contributed by atoms with Crippen LogP contribution in [0.2, 0.25) is 0 Å². The van der Waals surface area contributed by atoms with Crippen molar-refractivity contribution in [3.8, 4) is 6.07 Å². The van der Waals surface area contributed by atoms with Crippen molar-refractivity contribution >= 4 is 40.8 Å². The maximum absolute atomic E-state index is 9.48. The highest BCUT2D eigenvalue weighted by Crippen LogP contribution is 2.21. The van der Waals surface area contributed by atoms with E-state index in [1.807, 2.05) is 74.5 Å². The van der Waals surface area contributed by atoms with Crippen LogP contribution in [0, 0.1) is 18.3 Å². The van der Waals surface area contributed by atoms with Gasteiger partial charge in [0.2, 0.25) is 0 Å². The van der Waals surface area contributed by atoms with Crippen LogP contribution in [0.15, 0.2) is 42.5 Å². The number of benzene rings is 2. The minimum atomic E-state index is 0. The van der Waals surface area contributed by atoms with Gasteiger partial charge in [-0.05, 0) is 48.4 Å². The van der Waals surface area contributed by atoms with Crippen molar-refractivity contribution in [2.24, 2.45) is 0 Å². The zero-order chi connectivity index (χ0) is 16.4. The van der Waals surface area contributed by atoms with Crippen molar-refractivity contribution in [2.45, 2.75) is 6.92 Å². The molecular formula is C19H19ClN4. The van der Waals surface area contributed by atoms with Gasteiger partial charge in [-0.15, -0.1) is 12.4 Å². The summed E-state index contributed by atoms with van der Waals surface area (Å²) in [7, 11) is 4.00. The maximum Gasteiger partial charge on any atom is 0.149 e. The molecule has 1 N–H and O–H groups in total. The molecule has 4 nitrogen and oxygen atoms in total. The van der Waals surface area contributed by atoms with Gasteiger partial charge in [0.05, 0.1) is 16.6 Å². The van der Waals surface area contributed by atoms with Gasteiger partial charge < -0.3 is 9.88 Å². The molecular weight excluding hydrogens is 320 g/mol. The number of hydrogen-bond acceptors (Lipinski definition) is 3. The average molecular weight is 339 g/mol. The van der Waals surface area contributed by atoms with Crippen LogP contribution in [0.4, 0.5) is 5.69 Å². The normalized spacial score (nSPS) is 11.0. The molecule has 0 aliphatic carbocycles. The first kappa shape index (κ1) is 17.6. The summed E-state index contributed by atoms with van der Waals surface area (Å²) in [5, 5.41) is 9.48. The van der Waals surface area contributed by atoms with Crippen LogP contribution in [-0.4, -0.2) is 24.1 Å². The Morgan fingerprint density at radius 2 is 1.88 bits per heavy atom. The molecule has 0 atom stereocenters. The van der Waals surface area contributed by atoms with E-state index in [2.05, 4.69) is 16.0 Å². The van der Waals surface area contributed by atoms with Crippen molar-refractivity contribution in [3.63, 3.8) is 0 Å². The molecule has 3 rings (SSSR count). The molecule has 0 unspecified atom stereocenters. The smallest absolute Gasteiger partial charge is 0.149 e. The fraction of sp³-hybridized carbons (Fsp3) is 0.158. The van der Waals surface area contributed by atoms with Gasteiger partial charge in [-0.25, -0.2) is 4.98 Å². The molecule has 1 heterocycles. The molecule has 3 aromatic rings. The molecule has 0 aliphatic rings. The zero-order valence-electron chi connectivity index (χ0n) is 13.9. The molecule has 0 fully saturated rings. The minimum Gasteiger partial charge on any atom is -0.378 e. The fourth-order valence-electron chi connectivity index (χ4n) is 2.44. The summed E-state index contributed by atoms with van der Waals surface area (Å²) in [6.07, 6.45) is 1.85. The number of rotatable bonds is 3. The highest BCUT2D eigenvalue weighted by Gasteiger charge is 2.08. The van der Waals surface area contributed by atoms with E-state index < -0.39 is 0 Å².